The quantitative estimate of drug-likeness (QED) is 0.684. The summed E-state index contributed by atoms with van der Waals surface area (Å²) in [6.45, 7) is 1.82. The highest BCUT2D eigenvalue weighted by Gasteiger charge is 2.15. The third-order valence-corrected chi connectivity index (χ3v) is 5.14. The average Bonchev–Trinajstić information content (AvgIpc) is 3.11. The van der Waals surface area contributed by atoms with Crippen LogP contribution in [0.3, 0.4) is 0 Å². The molecule has 0 saturated heterocycles. The Hall–Kier alpha value is -2.71. The molecule has 0 amide bonds. The van der Waals surface area contributed by atoms with Crippen LogP contribution in [0.4, 0.5) is 0 Å². The Balaban J connectivity index is 1.64. The van der Waals surface area contributed by atoms with E-state index in [0.29, 0.717) is 5.82 Å². The molecule has 0 unspecified atom stereocenters. The van der Waals surface area contributed by atoms with Crippen molar-refractivity contribution in [3.63, 3.8) is 0 Å². The summed E-state index contributed by atoms with van der Waals surface area (Å²) < 4.78 is 37.2. The van der Waals surface area contributed by atoms with Gasteiger partial charge in [0.15, 0.2) is 0 Å². The lowest BCUT2D eigenvalue weighted by Gasteiger charge is -2.07. The van der Waals surface area contributed by atoms with Crippen LogP contribution in [0.25, 0.3) is 11.4 Å². The van der Waals surface area contributed by atoms with Crippen molar-refractivity contribution in [2.24, 2.45) is 0 Å². The van der Waals surface area contributed by atoms with E-state index in [0.717, 1.165) is 22.4 Å². The first kappa shape index (κ1) is 18.1. The largest absolute Gasteiger partial charge is 0.497 e. The molecule has 1 N–H and O–H groups in total. The van der Waals surface area contributed by atoms with Gasteiger partial charge >= 0.3 is 0 Å². The zero-order valence-electron chi connectivity index (χ0n) is 14.5. The highest BCUT2D eigenvalue weighted by atomic mass is 32.2. The minimum absolute atomic E-state index is 0.0582. The van der Waals surface area contributed by atoms with Crippen LogP contribution >= 0.6 is 0 Å². The standard InChI is InChI=1S/C18H19N3O4S/c1-13-5-3-4-6-15(13)12-26(22,23)19-11-17-20-18(21-25-17)14-7-9-16(24-2)10-8-14/h3-10,19H,11-12H2,1-2H3. The molecule has 136 valence electrons. The van der Waals surface area contributed by atoms with E-state index in [1.165, 1.54) is 0 Å². The van der Waals surface area contributed by atoms with Crippen molar-refractivity contribution in [3.8, 4) is 17.1 Å². The number of sulfonamides is 1. The minimum atomic E-state index is -3.51. The molecule has 0 saturated carbocycles. The van der Waals surface area contributed by atoms with Gasteiger partial charge in [0.05, 0.1) is 19.4 Å². The molecule has 1 heterocycles. The second-order valence-electron chi connectivity index (χ2n) is 5.75. The fourth-order valence-corrected chi connectivity index (χ4v) is 3.56. The van der Waals surface area contributed by atoms with Gasteiger partial charge in [-0.1, -0.05) is 29.4 Å². The van der Waals surface area contributed by atoms with Crippen LogP contribution in [0.15, 0.2) is 53.1 Å². The molecule has 0 aliphatic carbocycles. The van der Waals surface area contributed by atoms with Crippen molar-refractivity contribution in [2.45, 2.75) is 19.2 Å². The van der Waals surface area contributed by atoms with Crippen LogP contribution in [0.5, 0.6) is 5.75 Å². The lowest BCUT2D eigenvalue weighted by atomic mass is 10.1. The Morgan fingerprint density at radius 1 is 1.12 bits per heavy atom. The summed E-state index contributed by atoms with van der Waals surface area (Å²) in [5.41, 5.74) is 2.44. The summed E-state index contributed by atoms with van der Waals surface area (Å²) >= 11 is 0. The lowest BCUT2D eigenvalue weighted by molar-refractivity contribution is 0.376. The summed E-state index contributed by atoms with van der Waals surface area (Å²) in [5, 5.41) is 3.88. The molecule has 0 radical (unpaired) electrons. The van der Waals surface area contributed by atoms with Gasteiger partial charge in [0, 0.05) is 5.56 Å². The first-order valence-electron chi connectivity index (χ1n) is 7.96. The molecular weight excluding hydrogens is 354 g/mol. The maximum atomic E-state index is 12.3. The Kier molecular flexibility index (Phi) is 5.34. The maximum absolute atomic E-state index is 12.3. The predicted molar refractivity (Wildman–Crippen MR) is 96.9 cm³/mol. The molecule has 3 rings (SSSR count). The molecule has 2 aromatic carbocycles. The number of aromatic nitrogens is 2. The fraction of sp³-hybridized carbons (Fsp3) is 0.222. The summed E-state index contributed by atoms with van der Waals surface area (Å²) in [7, 11) is -1.93. The lowest BCUT2D eigenvalue weighted by Crippen LogP contribution is -2.25. The number of ether oxygens (including phenoxy) is 1. The number of rotatable bonds is 7. The zero-order chi connectivity index (χ0) is 18.6. The summed E-state index contributed by atoms with van der Waals surface area (Å²) in [6, 6.07) is 14.5. The molecule has 0 fully saturated rings. The maximum Gasteiger partial charge on any atom is 0.242 e. The Morgan fingerprint density at radius 3 is 2.54 bits per heavy atom. The van der Waals surface area contributed by atoms with E-state index >= 15 is 0 Å². The fourth-order valence-electron chi connectivity index (χ4n) is 2.38. The SMILES string of the molecule is COc1ccc(-c2noc(CNS(=O)(=O)Cc3ccccc3C)n2)cc1. The van der Waals surface area contributed by atoms with Crippen molar-refractivity contribution < 1.29 is 17.7 Å². The average molecular weight is 373 g/mol. The van der Waals surface area contributed by atoms with Gasteiger partial charge in [-0.2, -0.15) is 4.98 Å². The number of methoxy groups -OCH3 is 1. The van der Waals surface area contributed by atoms with Crippen molar-refractivity contribution in [1.82, 2.24) is 14.9 Å². The smallest absolute Gasteiger partial charge is 0.242 e. The Morgan fingerprint density at radius 2 is 1.85 bits per heavy atom. The first-order valence-corrected chi connectivity index (χ1v) is 9.61. The van der Waals surface area contributed by atoms with E-state index in [1.807, 2.05) is 25.1 Å². The van der Waals surface area contributed by atoms with Gasteiger partial charge in [0.1, 0.15) is 5.75 Å². The highest BCUT2D eigenvalue weighted by molar-refractivity contribution is 7.88. The summed E-state index contributed by atoms with van der Waals surface area (Å²) in [4.78, 5) is 4.22. The summed E-state index contributed by atoms with van der Waals surface area (Å²) in [6.07, 6.45) is 0. The van der Waals surface area contributed by atoms with Gasteiger partial charge < -0.3 is 9.26 Å². The van der Waals surface area contributed by atoms with E-state index in [9.17, 15) is 8.42 Å². The third kappa shape index (κ3) is 4.47. The molecule has 26 heavy (non-hydrogen) atoms. The highest BCUT2D eigenvalue weighted by Crippen LogP contribution is 2.19. The Labute approximate surface area is 152 Å². The van der Waals surface area contributed by atoms with E-state index in [1.54, 1.807) is 37.4 Å². The molecule has 8 heteroatoms. The molecule has 1 aromatic heterocycles. The Bertz CT molecular complexity index is 982. The second kappa shape index (κ2) is 7.67. The van der Waals surface area contributed by atoms with Gasteiger partial charge in [0.25, 0.3) is 0 Å². The van der Waals surface area contributed by atoms with Crippen molar-refractivity contribution in [2.75, 3.05) is 7.11 Å². The molecule has 0 aliphatic heterocycles. The van der Waals surface area contributed by atoms with Gasteiger partial charge in [0.2, 0.25) is 21.7 Å². The molecule has 3 aromatic rings. The molecule has 0 spiro atoms. The van der Waals surface area contributed by atoms with Crippen LogP contribution in [0.2, 0.25) is 0 Å². The predicted octanol–water partition coefficient (Wildman–Crippen LogP) is 2.67. The molecule has 0 atom stereocenters. The number of hydrogen-bond donors (Lipinski definition) is 1. The first-order chi connectivity index (χ1) is 12.5. The van der Waals surface area contributed by atoms with Gasteiger partial charge in [-0.15, -0.1) is 0 Å². The van der Waals surface area contributed by atoms with Crippen LogP contribution in [-0.4, -0.2) is 25.7 Å². The van der Waals surface area contributed by atoms with Crippen LogP contribution in [0.1, 0.15) is 17.0 Å². The molecule has 0 bridgehead atoms. The third-order valence-electron chi connectivity index (χ3n) is 3.87. The molecular formula is C18H19N3O4S. The normalized spacial score (nSPS) is 11.5. The van der Waals surface area contributed by atoms with E-state index < -0.39 is 10.0 Å². The van der Waals surface area contributed by atoms with E-state index in [2.05, 4.69) is 14.9 Å². The monoisotopic (exact) mass is 373 g/mol. The number of nitrogens with zero attached hydrogens (tertiary/aromatic N) is 2. The second-order valence-corrected chi connectivity index (χ2v) is 7.55. The van der Waals surface area contributed by atoms with Crippen molar-refractivity contribution >= 4 is 10.0 Å². The number of aryl methyl sites for hydroxylation is 1. The summed E-state index contributed by atoms with van der Waals surface area (Å²) in [5.74, 6) is 1.21. The van der Waals surface area contributed by atoms with Gasteiger partial charge in [-0.05, 0) is 42.3 Å². The van der Waals surface area contributed by atoms with E-state index in [-0.39, 0.29) is 18.2 Å². The topological polar surface area (TPSA) is 94.3 Å². The van der Waals surface area contributed by atoms with Crippen molar-refractivity contribution in [1.29, 1.82) is 0 Å². The molecule has 7 nitrogen and oxygen atoms in total. The van der Waals surface area contributed by atoms with Crippen LogP contribution in [0, 0.1) is 6.92 Å². The zero-order valence-corrected chi connectivity index (χ0v) is 15.3. The molecule has 0 aliphatic rings. The van der Waals surface area contributed by atoms with Crippen molar-refractivity contribution in [3.05, 3.63) is 65.5 Å². The van der Waals surface area contributed by atoms with E-state index in [4.69, 9.17) is 9.26 Å². The number of nitrogens with one attached hydrogen (secondary N) is 1. The number of hydrogen-bond acceptors (Lipinski definition) is 6. The minimum Gasteiger partial charge on any atom is -0.497 e. The van der Waals surface area contributed by atoms with Gasteiger partial charge in [-0.3, -0.25) is 0 Å². The number of benzene rings is 2. The van der Waals surface area contributed by atoms with Crippen LogP contribution in [-0.2, 0) is 22.3 Å². The van der Waals surface area contributed by atoms with Gasteiger partial charge in [-0.25, -0.2) is 13.1 Å². The van der Waals surface area contributed by atoms with Crippen LogP contribution < -0.4 is 9.46 Å².